The molecule has 0 radical (unpaired) electrons. The molecule has 0 aliphatic carbocycles. The summed E-state index contributed by atoms with van der Waals surface area (Å²) in [6.45, 7) is 22.8. The summed E-state index contributed by atoms with van der Waals surface area (Å²) in [4.78, 5) is -0.284. The first-order valence-electron chi connectivity index (χ1n) is 9.90. The molecule has 0 amide bonds. The van der Waals surface area contributed by atoms with E-state index in [2.05, 4.69) is 13.2 Å². The molecule has 10 heteroatoms. The van der Waals surface area contributed by atoms with Gasteiger partial charge in [-0.15, -0.1) is 13.2 Å². The normalized spacial score (nSPS) is 14.6. The maximum Gasteiger partial charge on any atom is 0.519 e. The van der Waals surface area contributed by atoms with E-state index in [1.165, 1.54) is 0 Å². The smallest absolute Gasteiger partial charge is 0.373 e. The number of rotatable bonds is 19. The van der Waals surface area contributed by atoms with E-state index >= 15 is 0 Å². The molecule has 2 atom stereocenters. The lowest BCUT2D eigenvalue weighted by Gasteiger charge is -2.36. The summed E-state index contributed by atoms with van der Waals surface area (Å²) in [5.41, 5.74) is 0. The van der Waals surface area contributed by atoms with Crippen LogP contribution in [0.3, 0.4) is 0 Å². The van der Waals surface area contributed by atoms with Crippen molar-refractivity contribution in [3.63, 3.8) is 0 Å². The second-order valence-electron chi connectivity index (χ2n) is 5.31. The van der Waals surface area contributed by atoms with Crippen LogP contribution in [0.4, 0.5) is 0 Å². The van der Waals surface area contributed by atoms with Gasteiger partial charge in [0, 0.05) is 39.6 Å². The fraction of sp³-hybridized carbons (Fsp3) is 0.778. The maximum atomic E-state index is 6.04. The van der Waals surface area contributed by atoms with E-state index in [9.17, 15) is 0 Å². The fourth-order valence-corrected chi connectivity index (χ4v) is 13.9. The largest absolute Gasteiger partial charge is 0.519 e. The van der Waals surface area contributed by atoms with Crippen LogP contribution in [-0.4, -0.2) is 67.0 Å². The molecule has 2 unspecified atom stereocenters. The summed E-state index contributed by atoms with van der Waals surface area (Å²) < 4.78 is 36.2. The van der Waals surface area contributed by atoms with Crippen LogP contribution in [0.15, 0.2) is 25.3 Å². The molecule has 0 bridgehead atoms. The van der Waals surface area contributed by atoms with E-state index in [0.29, 0.717) is 39.6 Å². The van der Waals surface area contributed by atoms with E-state index in [1.807, 2.05) is 53.7 Å². The van der Waals surface area contributed by atoms with Crippen molar-refractivity contribution >= 4 is 39.2 Å². The van der Waals surface area contributed by atoms with Crippen molar-refractivity contribution in [2.24, 2.45) is 0 Å². The molecule has 6 nitrogen and oxygen atoms in total. The predicted octanol–water partition coefficient (Wildman–Crippen LogP) is 4.65. The Labute approximate surface area is 181 Å². The average molecular weight is 471 g/mol. The molecule has 0 spiro atoms. The monoisotopic (exact) mass is 470 g/mol. The zero-order valence-corrected chi connectivity index (χ0v) is 21.9. The van der Waals surface area contributed by atoms with Crippen molar-refractivity contribution in [3.05, 3.63) is 25.3 Å². The minimum Gasteiger partial charge on any atom is -0.373 e. The third-order valence-corrected chi connectivity index (χ3v) is 15.4. The van der Waals surface area contributed by atoms with E-state index in [1.54, 1.807) is 21.6 Å². The summed E-state index contributed by atoms with van der Waals surface area (Å²) in [5, 5.41) is 0. The van der Waals surface area contributed by atoms with Crippen molar-refractivity contribution in [1.82, 2.24) is 0 Å². The molecule has 0 heterocycles. The summed E-state index contributed by atoms with van der Waals surface area (Å²) in [6, 6.07) is 0. The molecule has 0 saturated carbocycles. The van der Waals surface area contributed by atoms with Gasteiger partial charge in [0.1, 0.15) is 9.75 Å². The van der Waals surface area contributed by atoms with Crippen molar-refractivity contribution in [2.45, 2.75) is 51.3 Å². The van der Waals surface area contributed by atoms with Crippen LogP contribution < -0.4 is 0 Å². The highest BCUT2D eigenvalue weighted by Gasteiger charge is 2.52. The predicted molar refractivity (Wildman–Crippen MR) is 124 cm³/mol. The van der Waals surface area contributed by atoms with Gasteiger partial charge < -0.3 is 26.6 Å². The molecule has 28 heavy (non-hydrogen) atoms. The van der Waals surface area contributed by atoms with Crippen molar-refractivity contribution in [2.75, 3.05) is 39.6 Å². The Bertz CT molecular complexity index is 359. The van der Waals surface area contributed by atoms with Gasteiger partial charge in [-0.3, -0.25) is 0 Å². The highest BCUT2D eigenvalue weighted by molar-refractivity contribution is 8.77. The van der Waals surface area contributed by atoms with Crippen LogP contribution in [-0.2, 0) is 26.6 Å². The second-order valence-corrected chi connectivity index (χ2v) is 14.1. The van der Waals surface area contributed by atoms with E-state index in [4.69, 9.17) is 26.6 Å². The Morgan fingerprint density at radius 3 is 0.929 bits per heavy atom. The highest BCUT2D eigenvalue weighted by Crippen LogP contribution is 2.41. The number of hydrogen-bond donors (Lipinski definition) is 0. The molecule has 0 aromatic rings. The molecule has 166 valence electrons. The quantitative estimate of drug-likeness (QED) is 0.154. The first-order valence-corrected chi connectivity index (χ1v) is 15.8. The van der Waals surface area contributed by atoms with Gasteiger partial charge in [0.2, 0.25) is 0 Å². The Kier molecular flexibility index (Phi) is 16.3. The third-order valence-electron chi connectivity index (χ3n) is 3.46. The Morgan fingerprint density at radius 2 is 0.786 bits per heavy atom. The van der Waals surface area contributed by atoms with Crippen LogP contribution in [0.1, 0.15) is 41.5 Å². The molecule has 0 N–H and O–H groups in total. The molecule has 0 saturated heterocycles. The van der Waals surface area contributed by atoms with Gasteiger partial charge >= 0.3 is 17.6 Å². The summed E-state index contributed by atoms with van der Waals surface area (Å²) >= 11 is 0. The molecular weight excluding hydrogens is 432 g/mol. The van der Waals surface area contributed by atoms with Gasteiger partial charge in [0.25, 0.3) is 0 Å². The lowest BCUT2D eigenvalue weighted by atomic mass is 10.7. The van der Waals surface area contributed by atoms with E-state index < -0.39 is 17.6 Å². The molecule has 0 aromatic heterocycles. The van der Waals surface area contributed by atoms with Gasteiger partial charge in [-0.1, -0.05) is 33.7 Å². The zero-order chi connectivity index (χ0) is 21.5. The first-order chi connectivity index (χ1) is 13.5. The van der Waals surface area contributed by atoms with Crippen molar-refractivity contribution in [3.8, 4) is 0 Å². The average Bonchev–Trinajstić information content (AvgIpc) is 2.66. The first kappa shape index (κ1) is 28.4. The molecule has 0 aliphatic heterocycles. The van der Waals surface area contributed by atoms with Crippen LogP contribution in [0.25, 0.3) is 0 Å². The molecular formula is C18H38O6S2Si2. The lowest BCUT2D eigenvalue weighted by molar-refractivity contribution is 0.0716. The van der Waals surface area contributed by atoms with Gasteiger partial charge in [0.05, 0.1) is 0 Å². The zero-order valence-electron chi connectivity index (χ0n) is 18.2. The second kappa shape index (κ2) is 16.1. The van der Waals surface area contributed by atoms with Crippen molar-refractivity contribution in [1.29, 1.82) is 0 Å². The summed E-state index contributed by atoms with van der Waals surface area (Å²) in [6.07, 6.45) is 3.69. The van der Waals surface area contributed by atoms with E-state index in [0.717, 1.165) is 0 Å². The van der Waals surface area contributed by atoms with Crippen LogP contribution >= 0.6 is 21.6 Å². The minimum absolute atomic E-state index is 0.142. The van der Waals surface area contributed by atoms with Gasteiger partial charge in [0.15, 0.2) is 0 Å². The van der Waals surface area contributed by atoms with Crippen LogP contribution in [0.5, 0.6) is 0 Å². The molecule has 0 aromatic carbocycles. The third kappa shape index (κ3) is 8.25. The molecule has 0 rings (SSSR count). The van der Waals surface area contributed by atoms with E-state index in [-0.39, 0.29) is 9.75 Å². The topological polar surface area (TPSA) is 55.4 Å². The summed E-state index contributed by atoms with van der Waals surface area (Å²) in [7, 11) is -2.68. The minimum atomic E-state index is -2.94. The molecule has 0 fully saturated rings. The molecule has 0 aliphatic rings. The highest BCUT2D eigenvalue weighted by atomic mass is 33.1. The van der Waals surface area contributed by atoms with Gasteiger partial charge in [-0.2, -0.15) is 0 Å². The van der Waals surface area contributed by atoms with Crippen molar-refractivity contribution < 1.29 is 26.6 Å². The lowest BCUT2D eigenvalue weighted by Crippen LogP contribution is -2.56. The fourth-order valence-electron chi connectivity index (χ4n) is 2.55. The van der Waals surface area contributed by atoms with Crippen LogP contribution in [0, 0.1) is 0 Å². The van der Waals surface area contributed by atoms with Gasteiger partial charge in [-0.25, -0.2) is 0 Å². The SMILES string of the molecule is C=CC(SSC(C=C)[Si](OCC)(OCC)OCC)[Si](OCC)(OCC)OCC. The Balaban J connectivity index is 5.59. The van der Waals surface area contributed by atoms with Gasteiger partial charge in [-0.05, 0) is 41.5 Å². The standard InChI is InChI=1S/C18H38O6S2Si2/c1-9-17(27(19-11-3,20-12-4)21-13-5)25-26-18(10-2)28(22-14-6,23-15-7)24-16-8/h9-10,17-18H,1-2,11-16H2,3-8H3. The maximum absolute atomic E-state index is 6.04. The Hall–Kier alpha value is 0.374. The Morgan fingerprint density at radius 1 is 0.571 bits per heavy atom. The number of hydrogen-bond acceptors (Lipinski definition) is 8. The van der Waals surface area contributed by atoms with Crippen LogP contribution in [0.2, 0.25) is 0 Å². The summed E-state index contributed by atoms with van der Waals surface area (Å²) in [5.74, 6) is 0.